The van der Waals surface area contributed by atoms with Crippen LogP contribution in [0.5, 0.6) is 0 Å². The topological polar surface area (TPSA) is 50.9 Å². The van der Waals surface area contributed by atoms with Gasteiger partial charge in [0, 0.05) is 12.7 Å². The van der Waals surface area contributed by atoms with Crippen LogP contribution in [-0.4, -0.2) is 18.1 Å². The van der Waals surface area contributed by atoms with Crippen LogP contribution in [-0.2, 0) is 6.18 Å². The van der Waals surface area contributed by atoms with Gasteiger partial charge in [-0.1, -0.05) is 0 Å². The van der Waals surface area contributed by atoms with Gasteiger partial charge < -0.3 is 11.1 Å². The number of nitrogens with two attached hydrogens (primary N) is 1. The fraction of sp³-hybridized carbons (Fsp3) is 0.500. The molecule has 0 atom stereocenters. The molecule has 0 saturated heterocycles. The maximum absolute atomic E-state index is 12.3. The summed E-state index contributed by atoms with van der Waals surface area (Å²) in [6, 6.07) is 1.95. The highest BCUT2D eigenvalue weighted by molar-refractivity contribution is 5.38. The Balaban J connectivity index is 2.54. The quantitative estimate of drug-likeness (QED) is 0.767. The molecule has 0 spiro atoms. The van der Waals surface area contributed by atoms with Crippen molar-refractivity contribution in [2.75, 3.05) is 18.4 Å². The van der Waals surface area contributed by atoms with E-state index in [0.29, 0.717) is 13.1 Å². The zero-order valence-corrected chi connectivity index (χ0v) is 8.72. The standard InChI is InChI=1S/C10H14F3N3/c11-10(12,13)8-3-6-16-9(7-8)15-5-2-1-4-14/h3,6-7H,1-2,4-5,14H2,(H,15,16). The van der Waals surface area contributed by atoms with Gasteiger partial charge in [0.05, 0.1) is 5.56 Å². The Bertz CT molecular complexity index is 325. The number of anilines is 1. The Morgan fingerprint density at radius 3 is 2.69 bits per heavy atom. The number of rotatable bonds is 5. The molecule has 0 aliphatic rings. The van der Waals surface area contributed by atoms with Crippen molar-refractivity contribution < 1.29 is 13.2 Å². The molecule has 0 aliphatic heterocycles. The highest BCUT2D eigenvalue weighted by Gasteiger charge is 2.30. The Morgan fingerprint density at radius 2 is 2.06 bits per heavy atom. The van der Waals surface area contributed by atoms with E-state index in [9.17, 15) is 13.2 Å². The van der Waals surface area contributed by atoms with E-state index in [1.807, 2.05) is 0 Å². The predicted octanol–water partition coefficient (Wildman–Crippen LogP) is 2.25. The van der Waals surface area contributed by atoms with Crippen molar-refractivity contribution in [1.29, 1.82) is 0 Å². The van der Waals surface area contributed by atoms with E-state index < -0.39 is 11.7 Å². The van der Waals surface area contributed by atoms with Crippen LogP contribution < -0.4 is 11.1 Å². The lowest BCUT2D eigenvalue weighted by Crippen LogP contribution is -2.09. The number of halogens is 3. The second kappa shape index (κ2) is 5.69. The molecule has 90 valence electrons. The average Bonchev–Trinajstić information content (AvgIpc) is 2.24. The van der Waals surface area contributed by atoms with Crippen molar-refractivity contribution in [2.45, 2.75) is 19.0 Å². The first-order chi connectivity index (χ1) is 7.54. The molecular formula is C10H14F3N3. The minimum atomic E-state index is -4.32. The van der Waals surface area contributed by atoms with E-state index in [2.05, 4.69) is 10.3 Å². The summed E-state index contributed by atoms with van der Waals surface area (Å²) in [6.45, 7) is 1.16. The average molecular weight is 233 g/mol. The van der Waals surface area contributed by atoms with Crippen molar-refractivity contribution in [2.24, 2.45) is 5.73 Å². The van der Waals surface area contributed by atoms with Crippen molar-refractivity contribution >= 4 is 5.82 Å². The van der Waals surface area contributed by atoms with Gasteiger partial charge in [0.1, 0.15) is 5.82 Å². The van der Waals surface area contributed by atoms with E-state index in [1.165, 1.54) is 0 Å². The van der Waals surface area contributed by atoms with Crippen LogP contribution in [0.25, 0.3) is 0 Å². The molecule has 1 heterocycles. The molecule has 0 aromatic carbocycles. The predicted molar refractivity (Wildman–Crippen MR) is 56.0 cm³/mol. The SMILES string of the molecule is NCCCCNc1cc(C(F)(F)F)ccn1. The third-order valence-electron chi connectivity index (χ3n) is 2.02. The number of nitrogens with zero attached hydrogens (tertiary/aromatic N) is 1. The van der Waals surface area contributed by atoms with Gasteiger partial charge in [0.2, 0.25) is 0 Å². The maximum Gasteiger partial charge on any atom is 0.416 e. The van der Waals surface area contributed by atoms with E-state index >= 15 is 0 Å². The van der Waals surface area contributed by atoms with Gasteiger partial charge >= 0.3 is 6.18 Å². The number of unbranched alkanes of at least 4 members (excludes halogenated alkanes) is 1. The van der Waals surface area contributed by atoms with Gasteiger partial charge in [-0.3, -0.25) is 0 Å². The second-order valence-corrected chi connectivity index (χ2v) is 3.35. The lowest BCUT2D eigenvalue weighted by atomic mass is 10.2. The Hall–Kier alpha value is -1.30. The molecule has 1 aromatic rings. The van der Waals surface area contributed by atoms with Crippen molar-refractivity contribution in [3.8, 4) is 0 Å². The monoisotopic (exact) mass is 233 g/mol. The number of hydrogen-bond donors (Lipinski definition) is 2. The maximum atomic E-state index is 12.3. The normalized spacial score (nSPS) is 11.5. The zero-order valence-electron chi connectivity index (χ0n) is 8.72. The molecule has 0 saturated carbocycles. The summed E-state index contributed by atoms with van der Waals surface area (Å²) in [5.74, 6) is 0.242. The summed E-state index contributed by atoms with van der Waals surface area (Å²) >= 11 is 0. The number of hydrogen-bond acceptors (Lipinski definition) is 3. The Morgan fingerprint density at radius 1 is 1.31 bits per heavy atom. The first-order valence-corrected chi connectivity index (χ1v) is 5.01. The number of aromatic nitrogens is 1. The van der Waals surface area contributed by atoms with E-state index in [-0.39, 0.29) is 5.82 Å². The third kappa shape index (κ3) is 4.06. The van der Waals surface area contributed by atoms with Crippen LogP contribution in [0.3, 0.4) is 0 Å². The molecule has 6 heteroatoms. The fourth-order valence-corrected chi connectivity index (χ4v) is 1.19. The summed E-state index contributed by atoms with van der Waals surface area (Å²) in [5.41, 5.74) is 4.61. The molecule has 0 unspecified atom stereocenters. The van der Waals surface area contributed by atoms with Crippen molar-refractivity contribution in [1.82, 2.24) is 4.98 Å². The minimum Gasteiger partial charge on any atom is -0.370 e. The van der Waals surface area contributed by atoms with Crippen LogP contribution in [0.2, 0.25) is 0 Å². The zero-order chi connectivity index (χ0) is 12.0. The van der Waals surface area contributed by atoms with Crippen LogP contribution in [0, 0.1) is 0 Å². The van der Waals surface area contributed by atoms with Gasteiger partial charge in [0.25, 0.3) is 0 Å². The van der Waals surface area contributed by atoms with Gasteiger partial charge in [-0.05, 0) is 31.5 Å². The molecule has 3 N–H and O–H groups in total. The Kier molecular flexibility index (Phi) is 4.54. The summed E-state index contributed by atoms with van der Waals surface area (Å²) in [6.07, 6.45) is -1.52. The van der Waals surface area contributed by atoms with Crippen molar-refractivity contribution in [3.63, 3.8) is 0 Å². The van der Waals surface area contributed by atoms with Crippen LogP contribution in [0.4, 0.5) is 19.0 Å². The molecule has 0 amide bonds. The first kappa shape index (κ1) is 12.8. The Labute approximate surface area is 91.9 Å². The fourth-order valence-electron chi connectivity index (χ4n) is 1.19. The van der Waals surface area contributed by atoms with Crippen LogP contribution in [0.1, 0.15) is 18.4 Å². The summed E-state index contributed by atoms with van der Waals surface area (Å²) in [4.78, 5) is 3.81. The smallest absolute Gasteiger partial charge is 0.370 e. The summed E-state index contributed by atoms with van der Waals surface area (Å²) in [7, 11) is 0. The number of nitrogens with one attached hydrogen (secondary N) is 1. The summed E-state index contributed by atoms with van der Waals surface area (Å²) < 4.78 is 37.0. The molecular weight excluding hydrogens is 219 g/mol. The molecule has 0 radical (unpaired) electrons. The van der Waals surface area contributed by atoms with Crippen molar-refractivity contribution in [3.05, 3.63) is 23.9 Å². The largest absolute Gasteiger partial charge is 0.416 e. The van der Waals surface area contributed by atoms with E-state index in [0.717, 1.165) is 31.2 Å². The molecule has 3 nitrogen and oxygen atoms in total. The van der Waals surface area contributed by atoms with Crippen LogP contribution >= 0.6 is 0 Å². The molecule has 0 bridgehead atoms. The van der Waals surface area contributed by atoms with Gasteiger partial charge in [-0.25, -0.2) is 4.98 Å². The molecule has 16 heavy (non-hydrogen) atoms. The van der Waals surface area contributed by atoms with Crippen LogP contribution in [0.15, 0.2) is 18.3 Å². The van der Waals surface area contributed by atoms with Gasteiger partial charge in [-0.2, -0.15) is 13.2 Å². The third-order valence-corrected chi connectivity index (χ3v) is 2.02. The summed E-state index contributed by atoms with van der Waals surface area (Å²) in [5, 5.41) is 2.83. The molecule has 0 aliphatic carbocycles. The minimum absolute atomic E-state index is 0.242. The lowest BCUT2D eigenvalue weighted by molar-refractivity contribution is -0.137. The molecule has 1 aromatic heterocycles. The second-order valence-electron chi connectivity index (χ2n) is 3.35. The van der Waals surface area contributed by atoms with Gasteiger partial charge in [-0.15, -0.1) is 0 Å². The number of alkyl halides is 3. The van der Waals surface area contributed by atoms with Gasteiger partial charge in [0.15, 0.2) is 0 Å². The molecule has 1 rings (SSSR count). The lowest BCUT2D eigenvalue weighted by Gasteiger charge is -2.09. The molecule has 0 fully saturated rings. The first-order valence-electron chi connectivity index (χ1n) is 5.01. The highest BCUT2D eigenvalue weighted by Crippen LogP contribution is 2.29. The van der Waals surface area contributed by atoms with E-state index in [1.54, 1.807) is 0 Å². The van der Waals surface area contributed by atoms with E-state index in [4.69, 9.17) is 5.73 Å². The highest BCUT2D eigenvalue weighted by atomic mass is 19.4. The number of pyridine rings is 1.